The minimum atomic E-state index is 0.330. The van der Waals surface area contributed by atoms with E-state index < -0.39 is 0 Å². The zero-order valence-corrected chi connectivity index (χ0v) is 11.5. The second kappa shape index (κ2) is 5.66. The first-order valence-electron chi connectivity index (χ1n) is 5.85. The number of hydrogen-bond acceptors (Lipinski definition) is 6. The van der Waals surface area contributed by atoms with Gasteiger partial charge in [-0.15, -0.1) is 0 Å². The Balaban J connectivity index is 2.28. The molecule has 0 aromatic carbocycles. The summed E-state index contributed by atoms with van der Waals surface area (Å²) in [6.07, 6.45) is 0. The number of ether oxygens (including phenoxy) is 2. The van der Waals surface area contributed by atoms with Crippen molar-refractivity contribution in [1.82, 2.24) is 19.7 Å². The Kier molecular flexibility index (Phi) is 3.96. The van der Waals surface area contributed by atoms with Gasteiger partial charge in [0, 0.05) is 33.3 Å². The predicted octanol–water partition coefficient (Wildman–Crippen LogP) is 1.50. The Morgan fingerprint density at radius 3 is 2.68 bits per heavy atom. The van der Waals surface area contributed by atoms with E-state index in [1.54, 1.807) is 24.9 Å². The molecule has 0 unspecified atom stereocenters. The number of hydrogen-bond donors (Lipinski definition) is 1. The highest BCUT2D eigenvalue weighted by molar-refractivity contribution is 5.38. The number of nitrogens with zero attached hydrogens (tertiary/aromatic N) is 4. The number of rotatable bonds is 5. The lowest BCUT2D eigenvalue weighted by Crippen LogP contribution is -2.04. The van der Waals surface area contributed by atoms with E-state index in [0.717, 1.165) is 5.69 Å². The first-order valence-corrected chi connectivity index (χ1v) is 5.85. The van der Waals surface area contributed by atoms with Gasteiger partial charge in [0.25, 0.3) is 0 Å². The van der Waals surface area contributed by atoms with E-state index in [1.807, 2.05) is 20.0 Å². The van der Waals surface area contributed by atoms with E-state index in [4.69, 9.17) is 9.47 Å². The molecular formula is C12H17N5O2. The number of methoxy groups -OCH3 is 1. The normalized spacial score (nSPS) is 10.5. The quantitative estimate of drug-likeness (QED) is 0.881. The van der Waals surface area contributed by atoms with Crippen LogP contribution in [0.25, 0.3) is 0 Å². The minimum absolute atomic E-state index is 0.330. The van der Waals surface area contributed by atoms with Crippen molar-refractivity contribution in [2.45, 2.75) is 13.5 Å². The highest BCUT2D eigenvalue weighted by Gasteiger charge is 2.09. The van der Waals surface area contributed by atoms with Crippen molar-refractivity contribution >= 4 is 5.82 Å². The number of anilines is 1. The Morgan fingerprint density at radius 2 is 2.11 bits per heavy atom. The maximum Gasteiger partial charge on any atom is 0.226 e. The summed E-state index contributed by atoms with van der Waals surface area (Å²) in [6.45, 7) is 2.23. The molecule has 0 aliphatic carbocycles. The van der Waals surface area contributed by atoms with Crippen LogP contribution in [0, 0.1) is 6.92 Å². The number of aryl methyl sites for hydroxylation is 2. The van der Waals surface area contributed by atoms with Gasteiger partial charge in [-0.05, 0) is 6.92 Å². The highest BCUT2D eigenvalue weighted by atomic mass is 16.5. The average molecular weight is 263 g/mol. The molecule has 0 spiro atoms. The fourth-order valence-corrected chi connectivity index (χ4v) is 1.64. The second-order valence-electron chi connectivity index (χ2n) is 4.04. The lowest BCUT2D eigenvalue weighted by atomic mass is 10.5. The van der Waals surface area contributed by atoms with Crippen molar-refractivity contribution in [2.24, 2.45) is 7.05 Å². The van der Waals surface area contributed by atoms with Crippen LogP contribution in [0.2, 0.25) is 0 Å². The molecule has 0 saturated carbocycles. The molecule has 2 rings (SSSR count). The first kappa shape index (κ1) is 13.3. The van der Waals surface area contributed by atoms with Gasteiger partial charge >= 0.3 is 0 Å². The van der Waals surface area contributed by atoms with Gasteiger partial charge < -0.3 is 14.8 Å². The lowest BCUT2D eigenvalue weighted by Gasteiger charge is -2.08. The van der Waals surface area contributed by atoms with Gasteiger partial charge in [-0.3, -0.25) is 0 Å². The standard InChI is InChI=1S/C12H17N5O2/c1-8-5-12(17(3)16-8)19-11-6-9(13-2)14-10(15-11)7-18-4/h5-6H,7H2,1-4H3,(H,13,14,15). The Morgan fingerprint density at radius 1 is 1.32 bits per heavy atom. The largest absolute Gasteiger partial charge is 0.421 e. The molecule has 0 atom stereocenters. The van der Waals surface area contributed by atoms with E-state index in [-0.39, 0.29) is 0 Å². The average Bonchev–Trinajstić information content (AvgIpc) is 2.68. The molecular weight excluding hydrogens is 246 g/mol. The molecule has 2 aromatic rings. The summed E-state index contributed by atoms with van der Waals surface area (Å²) in [5.41, 5.74) is 0.887. The zero-order chi connectivity index (χ0) is 13.8. The summed E-state index contributed by atoms with van der Waals surface area (Å²) in [4.78, 5) is 8.54. The SMILES string of the molecule is CNc1cc(Oc2cc(C)nn2C)nc(COC)n1. The molecule has 0 aliphatic heterocycles. The van der Waals surface area contributed by atoms with Crippen LogP contribution in [0.3, 0.4) is 0 Å². The fraction of sp³-hybridized carbons (Fsp3) is 0.417. The van der Waals surface area contributed by atoms with Crippen LogP contribution < -0.4 is 10.1 Å². The van der Waals surface area contributed by atoms with Gasteiger partial charge in [0.15, 0.2) is 5.82 Å². The van der Waals surface area contributed by atoms with Crippen molar-refractivity contribution < 1.29 is 9.47 Å². The van der Waals surface area contributed by atoms with E-state index in [0.29, 0.717) is 30.0 Å². The molecule has 7 heteroatoms. The summed E-state index contributed by atoms with van der Waals surface area (Å²) < 4.78 is 12.4. The highest BCUT2D eigenvalue weighted by Crippen LogP contribution is 2.22. The Labute approximate surface area is 111 Å². The summed E-state index contributed by atoms with van der Waals surface area (Å²) in [6, 6.07) is 3.57. The summed E-state index contributed by atoms with van der Waals surface area (Å²) in [5, 5.41) is 7.18. The smallest absolute Gasteiger partial charge is 0.226 e. The van der Waals surface area contributed by atoms with Crippen molar-refractivity contribution in [2.75, 3.05) is 19.5 Å². The van der Waals surface area contributed by atoms with E-state index in [2.05, 4.69) is 20.4 Å². The zero-order valence-electron chi connectivity index (χ0n) is 11.5. The van der Waals surface area contributed by atoms with E-state index in [1.165, 1.54) is 0 Å². The van der Waals surface area contributed by atoms with Gasteiger partial charge in [0.1, 0.15) is 12.4 Å². The van der Waals surface area contributed by atoms with E-state index in [9.17, 15) is 0 Å². The molecule has 0 amide bonds. The third-order valence-electron chi connectivity index (χ3n) is 2.45. The van der Waals surface area contributed by atoms with Crippen molar-refractivity contribution in [3.8, 4) is 11.8 Å². The van der Waals surface area contributed by atoms with Crippen LogP contribution in [-0.2, 0) is 18.4 Å². The van der Waals surface area contributed by atoms with Gasteiger partial charge in [0.05, 0.1) is 5.69 Å². The second-order valence-corrected chi connectivity index (χ2v) is 4.04. The number of nitrogens with one attached hydrogen (secondary N) is 1. The number of aromatic nitrogens is 4. The van der Waals surface area contributed by atoms with Gasteiger partial charge in [-0.25, -0.2) is 9.67 Å². The summed E-state index contributed by atoms with van der Waals surface area (Å²) in [5.74, 6) is 2.32. The summed E-state index contributed by atoms with van der Waals surface area (Å²) in [7, 11) is 5.20. The molecule has 2 aromatic heterocycles. The molecule has 102 valence electrons. The molecule has 0 bridgehead atoms. The predicted molar refractivity (Wildman–Crippen MR) is 70.3 cm³/mol. The fourth-order valence-electron chi connectivity index (χ4n) is 1.64. The third kappa shape index (κ3) is 3.19. The topological polar surface area (TPSA) is 74.1 Å². The molecule has 0 fully saturated rings. The molecule has 0 saturated heterocycles. The maximum absolute atomic E-state index is 5.71. The van der Waals surface area contributed by atoms with Crippen molar-refractivity contribution in [3.63, 3.8) is 0 Å². The molecule has 19 heavy (non-hydrogen) atoms. The Hall–Kier alpha value is -2.15. The third-order valence-corrected chi connectivity index (χ3v) is 2.45. The molecule has 2 heterocycles. The van der Waals surface area contributed by atoms with Crippen LogP contribution in [0.5, 0.6) is 11.8 Å². The van der Waals surface area contributed by atoms with Gasteiger partial charge in [-0.1, -0.05) is 0 Å². The molecule has 7 nitrogen and oxygen atoms in total. The van der Waals surface area contributed by atoms with Crippen LogP contribution in [-0.4, -0.2) is 33.9 Å². The van der Waals surface area contributed by atoms with Gasteiger partial charge in [-0.2, -0.15) is 10.1 Å². The lowest BCUT2D eigenvalue weighted by molar-refractivity contribution is 0.177. The van der Waals surface area contributed by atoms with Crippen molar-refractivity contribution in [3.05, 3.63) is 23.7 Å². The maximum atomic E-state index is 5.71. The van der Waals surface area contributed by atoms with E-state index >= 15 is 0 Å². The molecule has 0 aliphatic rings. The molecule has 0 radical (unpaired) electrons. The van der Waals surface area contributed by atoms with Crippen LogP contribution >= 0.6 is 0 Å². The van der Waals surface area contributed by atoms with Crippen molar-refractivity contribution in [1.29, 1.82) is 0 Å². The van der Waals surface area contributed by atoms with Crippen LogP contribution in [0.4, 0.5) is 5.82 Å². The summed E-state index contributed by atoms with van der Waals surface area (Å²) >= 11 is 0. The van der Waals surface area contributed by atoms with Crippen LogP contribution in [0.15, 0.2) is 12.1 Å². The Bertz CT molecular complexity index is 567. The van der Waals surface area contributed by atoms with Gasteiger partial charge in [0.2, 0.25) is 11.8 Å². The van der Waals surface area contributed by atoms with Crippen LogP contribution in [0.1, 0.15) is 11.5 Å². The molecule has 1 N–H and O–H groups in total. The first-order chi connectivity index (χ1) is 9.12. The monoisotopic (exact) mass is 263 g/mol. The minimum Gasteiger partial charge on any atom is -0.421 e.